The minimum absolute atomic E-state index is 0.0364. The van der Waals surface area contributed by atoms with Gasteiger partial charge in [-0.05, 0) is 30.0 Å². The maximum absolute atomic E-state index is 13.3. The van der Waals surface area contributed by atoms with Gasteiger partial charge in [0.25, 0.3) is 0 Å². The van der Waals surface area contributed by atoms with Crippen LogP contribution in [0.25, 0.3) is 0 Å². The van der Waals surface area contributed by atoms with E-state index in [1.165, 1.54) is 12.3 Å². The molecule has 0 radical (unpaired) electrons. The molecule has 1 amide bonds. The second-order valence-electron chi connectivity index (χ2n) is 7.12. The van der Waals surface area contributed by atoms with Crippen molar-refractivity contribution in [2.45, 2.75) is 36.5 Å². The van der Waals surface area contributed by atoms with Gasteiger partial charge in [0.15, 0.2) is 10.3 Å². The number of carbonyl (C=O) groups excluding carboxylic acids is 1. The molecule has 1 fully saturated rings. The summed E-state index contributed by atoms with van der Waals surface area (Å²) in [4.78, 5) is 18.9. The lowest BCUT2D eigenvalue weighted by Gasteiger charge is -2.38. The number of piperidine rings is 1. The molecule has 1 saturated heterocycles. The van der Waals surface area contributed by atoms with Crippen LogP contribution in [0.4, 0.5) is 0 Å². The van der Waals surface area contributed by atoms with Crippen molar-refractivity contribution >= 4 is 15.7 Å². The Morgan fingerprint density at radius 2 is 1.81 bits per heavy atom. The molecule has 6 heteroatoms. The molecule has 3 rings (SSSR count). The van der Waals surface area contributed by atoms with Crippen molar-refractivity contribution < 1.29 is 13.2 Å². The molecule has 138 valence electrons. The van der Waals surface area contributed by atoms with Gasteiger partial charge in [-0.25, -0.2) is 13.4 Å². The van der Waals surface area contributed by atoms with Crippen LogP contribution in [0.5, 0.6) is 0 Å². The molecule has 26 heavy (non-hydrogen) atoms. The van der Waals surface area contributed by atoms with Crippen LogP contribution in [0.3, 0.4) is 0 Å². The summed E-state index contributed by atoms with van der Waals surface area (Å²) in [5, 5.41) is -1.17. The lowest BCUT2D eigenvalue weighted by Crippen LogP contribution is -2.52. The second kappa shape index (κ2) is 7.58. The predicted molar refractivity (Wildman–Crippen MR) is 100 cm³/mol. The number of benzene rings is 1. The Morgan fingerprint density at radius 1 is 1.12 bits per heavy atom. The Bertz CT molecular complexity index is 851. The number of hydrogen-bond donors (Lipinski definition) is 0. The molecule has 0 bridgehead atoms. The van der Waals surface area contributed by atoms with Crippen LogP contribution in [0.1, 0.15) is 31.7 Å². The summed E-state index contributed by atoms with van der Waals surface area (Å²) in [6.45, 7) is 5.19. The molecule has 0 unspecified atom stereocenters. The van der Waals surface area contributed by atoms with E-state index >= 15 is 0 Å². The number of rotatable bonds is 5. The number of amides is 1. The minimum atomic E-state index is -3.88. The standard InChI is InChI=1S/C20H24N2O3S/c1-15(2)14-22-13-11-17(16-8-4-3-5-9-16)19(20(22)23)26(24,25)18-10-6-7-12-21-18/h3-10,12,15,17,19H,11,13-14H2,1-2H3/t17-,19-/m0/s1. The molecular formula is C20H24N2O3S. The lowest BCUT2D eigenvalue weighted by molar-refractivity contribution is -0.133. The summed E-state index contributed by atoms with van der Waals surface area (Å²) in [6.07, 6.45) is 2.07. The van der Waals surface area contributed by atoms with E-state index in [1.807, 2.05) is 44.2 Å². The van der Waals surface area contributed by atoms with E-state index in [4.69, 9.17) is 0 Å². The number of aromatic nitrogens is 1. The fourth-order valence-electron chi connectivity index (χ4n) is 3.57. The normalized spacial score (nSPS) is 21.2. The van der Waals surface area contributed by atoms with E-state index in [2.05, 4.69) is 4.98 Å². The van der Waals surface area contributed by atoms with Crippen molar-refractivity contribution in [3.8, 4) is 0 Å². The molecule has 1 aliphatic rings. The Labute approximate surface area is 155 Å². The lowest BCUT2D eigenvalue weighted by atomic mass is 9.88. The zero-order valence-electron chi connectivity index (χ0n) is 15.1. The van der Waals surface area contributed by atoms with Crippen LogP contribution in [0, 0.1) is 5.92 Å². The van der Waals surface area contributed by atoms with Crippen molar-refractivity contribution in [3.63, 3.8) is 0 Å². The van der Waals surface area contributed by atoms with Crippen molar-refractivity contribution in [1.29, 1.82) is 0 Å². The monoisotopic (exact) mass is 372 g/mol. The van der Waals surface area contributed by atoms with Gasteiger partial charge in [-0.15, -0.1) is 0 Å². The first kappa shape index (κ1) is 18.6. The fraction of sp³-hybridized carbons (Fsp3) is 0.400. The number of hydrogen-bond acceptors (Lipinski definition) is 4. The molecule has 0 aliphatic carbocycles. The van der Waals surface area contributed by atoms with E-state index in [9.17, 15) is 13.2 Å². The number of pyridine rings is 1. The van der Waals surface area contributed by atoms with Gasteiger partial charge in [-0.1, -0.05) is 50.2 Å². The predicted octanol–water partition coefficient (Wildman–Crippen LogP) is 2.90. The summed E-state index contributed by atoms with van der Waals surface area (Å²) < 4.78 is 26.6. The van der Waals surface area contributed by atoms with Crippen molar-refractivity contribution in [2.24, 2.45) is 5.92 Å². The smallest absolute Gasteiger partial charge is 0.242 e. The molecule has 2 heterocycles. The summed E-state index contributed by atoms with van der Waals surface area (Å²) in [7, 11) is -3.88. The quantitative estimate of drug-likeness (QED) is 0.809. The van der Waals surface area contributed by atoms with Crippen LogP contribution >= 0.6 is 0 Å². The Hall–Kier alpha value is -2.21. The maximum Gasteiger partial charge on any atom is 0.242 e. The van der Waals surface area contributed by atoms with Gasteiger partial charge < -0.3 is 4.90 Å². The number of sulfone groups is 1. The van der Waals surface area contributed by atoms with E-state index < -0.39 is 15.1 Å². The number of carbonyl (C=O) groups is 1. The number of likely N-dealkylation sites (tertiary alicyclic amines) is 1. The van der Waals surface area contributed by atoms with Gasteiger partial charge in [0, 0.05) is 25.2 Å². The van der Waals surface area contributed by atoms with Crippen LogP contribution < -0.4 is 0 Å². The first-order valence-electron chi connectivity index (χ1n) is 8.90. The highest BCUT2D eigenvalue weighted by molar-refractivity contribution is 7.92. The Kier molecular flexibility index (Phi) is 5.41. The topological polar surface area (TPSA) is 67.3 Å². The minimum Gasteiger partial charge on any atom is -0.341 e. The zero-order chi connectivity index (χ0) is 18.7. The first-order valence-corrected chi connectivity index (χ1v) is 10.4. The van der Waals surface area contributed by atoms with E-state index in [0.29, 0.717) is 19.5 Å². The van der Waals surface area contributed by atoms with Crippen molar-refractivity contribution in [1.82, 2.24) is 9.88 Å². The van der Waals surface area contributed by atoms with E-state index in [1.54, 1.807) is 17.0 Å². The van der Waals surface area contributed by atoms with Gasteiger partial charge in [-0.3, -0.25) is 4.79 Å². The first-order chi connectivity index (χ1) is 12.4. The van der Waals surface area contributed by atoms with Gasteiger partial charge in [-0.2, -0.15) is 0 Å². The van der Waals surface area contributed by atoms with Gasteiger partial charge in [0.2, 0.25) is 15.7 Å². The molecule has 0 spiro atoms. The molecule has 5 nitrogen and oxygen atoms in total. The van der Waals surface area contributed by atoms with E-state index in [0.717, 1.165) is 5.56 Å². The second-order valence-corrected chi connectivity index (χ2v) is 9.13. The highest BCUT2D eigenvalue weighted by Gasteiger charge is 2.46. The van der Waals surface area contributed by atoms with Gasteiger partial charge in [0.05, 0.1) is 0 Å². The van der Waals surface area contributed by atoms with Crippen molar-refractivity contribution in [3.05, 3.63) is 60.3 Å². The third kappa shape index (κ3) is 3.65. The highest BCUT2D eigenvalue weighted by atomic mass is 32.2. The summed E-state index contributed by atoms with van der Waals surface area (Å²) >= 11 is 0. The summed E-state index contributed by atoms with van der Waals surface area (Å²) in [6, 6.07) is 14.2. The summed E-state index contributed by atoms with van der Waals surface area (Å²) in [5.74, 6) is -0.394. The Morgan fingerprint density at radius 3 is 2.42 bits per heavy atom. The molecule has 1 aliphatic heterocycles. The third-order valence-corrected chi connectivity index (χ3v) is 6.73. The van der Waals surface area contributed by atoms with Crippen molar-refractivity contribution in [2.75, 3.05) is 13.1 Å². The molecule has 1 aromatic heterocycles. The van der Waals surface area contributed by atoms with Gasteiger partial charge >= 0.3 is 0 Å². The zero-order valence-corrected chi connectivity index (χ0v) is 15.9. The van der Waals surface area contributed by atoms with Crippen LogP contribution in [-0.2, 0) is 14.6 Å². The van der Waals surface area contributed by atoms with Gasteiger partial charge in [0.1, 0.15) is 0 Å². The SMILES string of the molecule is CC(C)CN1CC[C@@H](c2ccccc2)[C@H](S(=O)(=O)c2ccccn2)C1=O. The van der Waals surface area contributed by atoms with Crippen LogP contribution in [0.2, 0.25) is 0 Å². The molecule has 2 aromatic rings. The van der Waals surface area contributed by atoms with Crippen LogP contribution in [0.15, 0.2) is 59.8 Å². The average Bonchev–Trinajstić information content (AvgIpc) is 2.64. The number of nitrogens with zero attached hydrogens (tertiary/aromatic N) is 2. The molecular weight excluding hydrogens is 348 g/mol. The molecule has 2 atom stereocenters. The average molecular weight is 372 g/mol. The maximum atomic E-state index is 13.3. The van der Waals surface area contributed by atoms with E-state index in [-0.39, 0.29) is 22.8 Å². The molecule has 0 saturated carbocycles. The third-order valence-electron chi connectivity index (χ3n) is 4.71. The summed E-state index contributed by atoms with van der Waals surface area (Å²) in [5.41, 5.74) is 0.884. The largest absolute Gasteiger partial charge is 0.341 e. The highest BCUT2D eigenvalue weighted by Crippen LogP contribution is 2.36. The molecule has 0 N–H and O–H groups in total. The molecule has 1 aromatic carbocycles. The Balaban J connectivity index is 2.05. The fourth-order valence-corrected chi connectivity index (χ4v) is 5.44. The van der Waals surface area contributed by atoms with Crippen LogP contribution in [-0.4, -0.2) is 42.5 Å².